The lowest BCUT2D eigenvalue weighted by molar-refractivity contribution is -0.209. The summed E-state index contributed by atoms with van der Waals surface area (Å²) in [4.78, 5) is 12.9. The standard InChI is InChI=1S/C18H23NO3/c1-10(2)11-4-5-12-13(11)15(20)19-17-8-21-9-18(17)16(3,14(12)17)6-7-22-18/h6-7,10-11,14H,4-5,8-9H2,1-3H3,(H,19,20)/t11-,14-,16+,17-,18+/m1/s1. The molecule has 3 heterocycles. The monoisotopic (exact) mass is 301 g/mol. The number of carbonyl (C=O) groups is 1. The Balaban J connectivity index is 1.70. The Hall–Kier alpha value is -1.29. The first-order chi connectivity index (χ1) is 10.5. The highest BCUT2D eigenvalue weighted by Crippen LogP contribution is 2.73. The third-order valence-corrected chi connectivity index (χ3v) is 7.18. The predicted octanol–water partition coefficient (Wildman–Crippen LogP) is 2.17. The number of ether oxygens (including phenoxy) is 2. The van der Waals surface area contributed by atoms with Crippen molar-refractivity contribution in [3.05, 3.63) is 23.5 Å². The van der Waals surface area contributed by atoms with E-state index in [1.807, 2.05) is 6.26 Å². The SMILES string of the molecule is CC(C)[C@H]1CCC2=C1C(=O)N[C@@]13COC[C@@]14OC=C[C@@]4(C)[C@@H]23. The maximum absolute atomic E-state index is 12.9. The van der Waals surface area contributed by atoms with E-state index in [1.165, 1.54) is 5.57 Å². The summed E-state index contributed by atoms with van der Waals surface area (Å²) in [5.74, 6) is 1.38. The van der Waals surface area contributed by atoms with Gasteiger partial charge in [-0.2, -0.15) is 0 Å². The van der Waals surface area contributed by atoms with E-state index in [0.717, 1.165) is 18.4 Å². The van der Waals surface area contributed by atoms with E-state index in [0.29, 0.717) is 31.0 Å². The van der Waals surface area contributed by atoms with Gasteiger partial charge in [0.15, 0.2) is 5.60 Å². The second-order valence-electron chi connectivity index (χ2n) is 8.21. The van der Waals surface area contributed by atoms with Crippen molar-refractivity contribution in [3.8, 4) is 0 Å². The number of rotatable bonds is 1. The summed E-state index contributed by atoms with van der Waals surface area (Å²) in [5, 5.41) is 3.35. The third-order valence-electron chi connectivity index (χ3n) is 7.18. The first-order valence-corrected chi connectivity index (χ1v) is 8.45. The number of fused-ring (bicyclic) bond motifs is 2. The zero-order valence-electron chi connectivity index (χ0n) is 13.4. The molecular formula is C18H23NO3. The topological polar surface area (TPSA) is 47.6 Å². The van der Waals surface area contributed by atoms with Gasteiger partial charge in [0.05, 0.1) is 19.5 Å². The van der Waals surface area contributed by atoms with Gasteiger partial charge in [0.25, 0.3) is 0 Å². The average molecular weight is 301 g/mol. The highest BCUT2D eigenvalue weighted by molar-refractivity contribution is 5.98. The Morgan fingerprint density at radius 1 is 1.36 bits per heavy atom. The van der Waals surface area contributed by atoms with Crippen molar-refractivity contribution in [3.63, 3.8) is 0 Å². The van der Waals surface area contributed by atoms with E-state index in [9.17, 15) is 4.79 Å². The average Bonchev–Trinajstić information content (AvgIpc) is 3.09. The van der Waals surface area contributed by atoms with Gasteiger partial charge in [-0.1, -0.05) is 26.3 Å². The van der Waals surface area contributed by atoms with Gasteiger partial charge >= 0.3 is 0 Å². The summed E-state index contributed by atoms with van der Waals surface area (Å²) in [7, 11) is 0. The second kappa shape index (κ2) is 3.61. The molecule has 4 heteroatoms. The fourth-order valence-corrected chi connectivity index (χ4v) is 6.26. The highest BCUT2D eigenvalue weighted by atomic mass is 16.6. The number of nitrogens with one attached hydrogen (secondary N) is 1. The normalized spacial score (nSPS) is 51.0. The fraction of sp³-hybridized carbons (Fsp3) is 0.722. The van der Waals surface area contributed by atoms with Crippen LogP contribution in [-0.4, -0.2) is 30.3 Å². The van der Waals surface area contributed by atoms with Crippen LogP contribution in [0.3, 0.4) is 0 Å². The highest BCUT2D eigenvalue weighted by Gasteiger charge is 2.85. The largest absolute Gasteiger partial charge is 0.489 e. The van der Waals surface area contributed by atoms with Gasteiger partial charge in [0, 0.05) is 16.9 Å². The molecule has 0 bridgehead atoms. The van der Waals surface area contributed by atoms with Crippen LogP contribution in [0.5, 0.6) is 0 Å². The molecule has 5 rings (SSSR count). The van der Waals surface area contributed by atoms with Crippen LogP contribution >= 0.6 is 0 Å². The van der Waals surface area contributed by atoms with Crippen LogP contribution in [0.15, 0.2) is 23.5 Å². The van der Waals surface area contributed by atoms with Crippen LogP contribution in [0.4, 0.5) is 0 Å². The molecule has 5 atom stereocenters. The molecule has 0 aromatic carbocycles. The van der Waals surface area contributed by atoms with Crippen LogP contribution in [0.25, 0.3) is 0 Å². The first-order valence-electron chi connectivity index (χ1n) is 8.45. The van der Waals surface area contributed by atoms with Crippen LogP contribution in [-0.2, 0) is 14.3 Å². The van der Waals surface area contributed by atoms with E-state index >= 15 is 0 Å². The Bertz CT molecular complexity index is 651. The molecule has 22 heavy (non-hydrogen) atoms. The van der Waals surface area contributed by atoms with E-state index in [2.05, 4.69) is 32.2 Å². The predicted molar refractivity (Wildman–Crippen MR) is 80.8 cm³/mol. The lowest BCUT2D eigenvalue weighted by Crippen LogP contribution is -2.86. The van der Waals surface area contributed by atoms with Gasteiger partial charge in [0.2, 0.25) is 5.91 Å². The maximum atomic E-state index is 12.9. The summed E-state index contributed by atoms with van der Waals surface area (Å²) < 4.78 is 11.9. The smallest absolute Gasteiger partial charge is 0.248 e. The van der Waals surface area contributed by atoms with Gasteiger partial charge < -0.3 is 14.8 Å². The zero-order chi connectivity index (χ0) is 15.3. The molecule has 0 aromatic rings. The zero-order valence-corrected chi connectivity index (χ0v) is 13.4. The van der Waals surface area contributed by atoms with E-state index < -0.39 is 5.60 Å². The maximum Gasteiger partial charge on any atom is 0.248 e. The lowest BCUT2D eigenvalue weighted by atomic mass is 9.39. The van der Waals surface area contributed by atoms with Crippen molar-refractivity contribution in [1.29, 1.82) is 0 Å². The van der Waals surface area contributed by atoms with Crippen LogP contribution in [0, 0.1) is 23.2 Å². The van der Waals surface area contributed by atoms with Gasteiger partial charge in [-0.05, 0) is 30.8 Å². The summed E-state index contributed by atoms with van der Waals surface area (Å²) >= 11 is 0. The molecule has 0 aromatic heterocycles. The van der Waals surface area contributed by atoms with Crippen LogP contribution in [0.2, 0.25) is 0 Å². The van der Waals surface area contributed by atoms with E-state index in [4.69, 9.17) is 9.47 Å². The molecule has 2 spiro atoms. The minimum Gasteiger partial charge on any atom is -0.489 e. The Morgan fingerprint density at radius 2 is 2.18 bits per heavy atom. The molecule has 0 unspecified atom stereocenters. The van der Waals surface area contributed by atoms with Crippen LogP contribution in [0.1, 0.15) is 33.6 Å². The minimum atomic E-state index is -0.394. The van der Waals surface area contributed by atoms with E-state index in [-0.39, 0.29) is 16.9 Å². The number of hydrogen-bond acceptors (Lipinski definition) is 3. The number of amides is 1. The van der Waals surface area contributed by atoms with Gasteiger partial charge in [-0.15, -0.1) is 0 Å². The second-order valence-corrected chi connectivity index (χ2v) is 8.21. The van der Waals surface area contributed by atoms with Crippen molar-refractivity contribution in [2.45, 2.75) is 44.8 Å². The number of carbonyl (C=O) groups excluding carboxylic acids is 1. The molecule has 4 nitrogen and oxygen atoms in total. The van der Waals surface area contributed by atoms with Gasteiger partial charge in [0.1, 0.15) is 5.54 Å². The van der Waals surface area contributed by atoms with Crippen molar-refractivity contribution in [2.24, 2.45) is 23.2 Å². The molecule has 1 saturated heterocycles. The number of hydrogen-bond donors (Lipinski definition) is 1. The third kappa shape index (κ3) is 1.05. The Morgan fingerprint density at radius 3 is 2.95 bits per heavy atom. The fourth-order valence-electron chi connectivity index (χ4n) is 6.26. The van der Waals surface area contributed by atoms with Gasteiger partial charge in [-0.25, -0.2) is 0 Å². The summed E-state index contributed by atoms with van der Waals surface area (Å²) in [6.45, 7) is 7.87. The molecule has 2 aliphatic carbocycles. The summed E-state index contributed by atoms with van der Waals surface area (Å²) in [5.41, 5.74) is 1.67. The summed E-state index contributed by atoms with van der Waals surface area (Å²) in [6.07, 6.45) is 6.19. The first kappa shape index (κ1) is 13.2. The minimum absolute atomic E-state index is 0.0519. The van der Waals surface area contributed by atoms with Gasteiger partial charge in [-0.3, -0.25) is 4.79 Å². The molecule has 118 valence electrons. The van der Waals surface area contributed by atoms with Crippen LogP contribution < -0.4 is 5.32 Å². The van der Waals surface area contributed by atoms with Crippen molar-refractivity contribution in [2.75, 3.05) is 13.2 Å². The van der Waals surface area contributed by atoms with Crippen molar-refractivity contribution >= 4 is 5.91 Å². The molecule has 3 aliphatic heterocycles. The van der Waals surface area contributed by atoms with E-state index in [1.54, 1.807) is 0 Å². The molecular weight excluding hydrogens is 278 g/mol. The molecule has 1 amide bonds. The molecule has 1 saturated carbocycles. The molecule has 5 aliphatic rings. The van der Waals surface area contributed by atoms with Crippen molar-refractivity contribution in [1.82, 2.24) is 5.32 Å². The quantitative estimate of drug-likeness (QED) is 0.807. The molecule has 0 radical (unpaired) electrons. The summed E-state index contributed by atoms with van der Waals surface area (Å²) in [6, 6.07) is 0. The Labute approximate surface area is 130 Å². The molecule has 2 fully saturated rings. The van der Waals surface area contributed by atoms with Crippen molar-refractivity contribution < 1.29 is 14.3 Å². The molecule has 1 N–H and O–H groups in total. The Kier molecular flexibility index (Phi) is 2.16. The lowest BCUT2D eigenvalue weighted by Gasteiger charge is -2.68.